The van der Waals surface area contributed by atoms with Gasteiger partial charge in [0.1, 0.15) is 6.04 Å². The van der Waals surface area contributed by atoms with Crippen LogP contribution in [0.15, 0.2) is 48.5 Å². The molecule has 1 atom stereocenters. The van der Waals surface area contributed by atoms with E-state index >= 15 is 0 Å². The third kappa shape index (κ3) is 2.76. The molecule has 3 heterocycles. The molecule has 0 saturated carbocycles. The maximum atomic E-state index is 12.4. The van der Waals surface area contributed by atoms with Gasteiger partial charge in [-0.2, -0.15) is 0 Å². The summed E-state index contributed by atoms with van der Waals surface area (Å²) < 4.78 is 10.7. The number of carbonyl (C=O) groups excluding carboxylic acids is 1. The molecule has 0 N–H and O–H groups in total. The Bertz CT molecular complexity index is 1260. The van der Waals surface area contributed by atoms with Gasteiger partial charge in [-0.15, -0.1) is 5.10 Å². The van der Waals surface area contributed by atoms with Crippen molar-refractivity contribution >= 4 is 44.7 Å². The van der Waals surface area contributed by atoms with Gasteiger partial charge in [0.15, 0.2) is 0 Å². The molecule has 0 fully saturated rings. The molecule has 1 aliphatic heterocycles. The van der Waals surface area contributed by atoms with Crippen molar-refractivity contribution in [2.75, 3.05) is 7.11 Å². The van der Waals surface area contributed by atoms with E-state index in [1.807, 2.05) is 28.7 Å². The van der Waals surface area contributed by atoms with Crippen molar-refractivity contribution in [1.82, 2.24) is 19.1 Å². The summed E-state index contributed by atoms with van der Waals surface area (Å²) in [6, 6.07) is 16.0. The monoisotopic (exact) mass is 410 g/mol. The molecule has 0 unspecified atom stereocenters. The molecular formula is C20H18N4O2S2. The molecule has 4 aromatic rings. The molecule has 0 amide bonds. The van der Waals surface area contributed by atoms with Crippen LogP contribution in [0.1, 0.15) is 11.1 Å². The fourth-order valence-electron chi connectivity index (χ4n) is 3.85. The first-order valence-corrected chi connectivity index (χ1v) is 10.2. The SMILES string of the molecule is COC(=O)[C@H]1Cc2ccccc2CN1Cn1nc2sc3ccccc3n2c1=S. The highest BCUT2D eigenvalue weighted by Crippen LogP contribution is 2.27. The second kappa shape index (κ2) is 6.80. The minimum absolute atomic E-state index is 0.229. The summed E-state index contributed by atoms with van der Waals surface area (Å²) in [6.45, 7) is 1.10. The molecule has 142 valence electrons. The van der Waals surface area contributed by atoms with E-state index in [0.717, 1.165) is 15.2 Å². The lowest BCUT2D eigenvalue weighted by molar-refractivity contribution is -0.148. The van der Waals surface area contributed by atoms with Gasteiger partial charge in [-0.05, 0) is 41.9 Å². The average molecular weight is 411 g/mol. The summed E-state index contributed by atoms with van der Waals surface area (Å²) in [5.41, 5.74) is 3.47. The molecule has 8 heteroatoms. The standard InChI is InChI=1S/C20H18N4O2S2/c1-26-18(25)16-10-13-6-2-3-7-14(13)11-22(16)12-23-20(27)24-15-8-4-5-9-17(15)28-19(24)21-23/h2-9,16H,10-12H2,1H3/t16-/m1/s1. The van der Waals surface area contributed by atoms with Crippen molar-refractivity contribution in [3.8, 4) is 0 Å². The maximum Gasteiger partial charge on any atom is 0.323 e. The summed E-state index contributed by atoms with van der Waals surface area (Å²) in [7, 11) is 1.44. The molecule has 0 bridgehead atoms. The van der Waals surface area contributed by atoms with Gasteiger partial charge in [-0.25, -0.2) is 4.68 Å². The highest BCUT2D eigenvalue weighted by Gasteiger charge is 2.32. The lowest BCUT2D eigenvalue weighted by Gasteiger charge is -2.34. The van der Waals surface area contributed by atoms with Crippen LogP contribution in [0.4, 0.5) is 0 Å². The third-order valence-corrected chi connectivity index (χ3v) is 6.66. The van der Waals surface area contributed by atoms with Crippen LogP contribution >= 0.6 is 23.6 Å². The number of rotatable bonds is 3. The number of thiazole rings is 1. The predicted molar refractivity (Wildman–Crippen MR) is 111 cm³/mol. The van der Waals surface area contributed by atoms with Crippen LogP contribution in [0, 0.1) is 4.77 Å². The van der Waals surface area contributed by atoms with Crippen LogP contribution in [0.25, 0.3) is 15.2 Å². The summed E-state index contributed by atoms with van der Waals surface area (Å²) >= 11 is 7.33. The Morgan fingerprint density at radius 3 is 2.79 bits per heavy atom. The second-order valence-electron chi connectivity index (χ2n) is 6.87. The first-order chi connectivity index (χ1) is 13.7. The predicted octanol–water partition coefficient (Wildman–Crippen LogP) is 3.64. The Morgan fingerprint density at radius 1 is 1.21 bits per heavy atom. The van der Waals surface area contributed by atoms with Crippen molar-refractivity contribution in [3.05, 3.63) is 64.4 Å². The number of fused-ring (bicyclic) bond motifs is 4. The van der Waals surface area contributed by atoms with Crippen molar-refractivity contribution in [2.24, 2.45) is 0 Å². The molecule has 2 aromatic heterocycles. The van der Waals surface area contributed by atoms with Crippen molar-refractivity contribution < 1.29 is 9.53 Å². The Morgan fingerprint density at radius 2 is 1.96 bits per heavy atom. The van der Waals surface area contributed by atoms with Gasteiger partial charge < -0.3 is 4.74 Å². The van der Waals surface area contributed by atoms with Gasteiger partial charge in [0.05, 0.1) is 24.0 Å². The van der Waals surface area contributed by atoms with E-state index in [0.29, 0.717) is 24.4 Å². The Kier molecular flexibility index (Phi) is 4.26. The molecule has 0 saturated heterocycles. The number of esters is 1. The van der Waals surface area contributed by atoms with Crippen LogP contribution < -0.4 is 0 Å². The van der Waals surface area contributed by atoms with Crippen molar-refractivity contribution in [3.63, 3.8) is 0 Å². The van der Waals surface area contributed by atoms with E-state index in [4.69, 9.17) is 22.1 Å². The number of nitrogens with zero attached hydrogens (tertiary/aromatic N) is 4. The van der Waals surface area contributed by atoms with Gasteiger partial charge >= 0.3 is 5.97 Å². The average Bonchev–Trinajstić information content (AvgIpc) is 3.23. The number of carbonyl (C=O) groups is 1. The summed E-state index contributed by atoms with van der Waals surface area (Å²) in [4.78, 5) is 15.4. The minimum atomic E-state index is -0.349. The minimum Gasteiger partial charge on any atom is -0.468 e. The van der Waals surface area contributed by atoms with Gasteiger partial charge in [0.2, 0.25) is 9.73 Å². The van der Waals surface area contributed by atoms with Crippen LogP contribution in [0.3, 0.4) is 0 Å². The van der Waals surface area contributed by atoms with E-state index in [1.54, 1.807) is 16.0 Å². The van der Waals surface area contributed by atoms with E-state index < -0.39 is 0 Å². The zero-order chi connectivity index (χ0) is 19.3. The molecule has 0 radical (unpaired) electrons. The lowest BCUT2D eigenvalue weighted by Crippen LogP contribution is -2.46. The smallest absolute Gasteiger partial charge is 0.323 e. The van der Waals surface area contributed by atoms with Crippen molar-refractivity contribution in [1.29, 1.82) is 0 Å². The third-order valence-electron chi connectivity index (χ3n) is 5.25. The number of ether oxygens (including phenoxy) is 1. The highest BCUT2D eigenvalue weighted by atomic mass is 32.1. The van der Waals surface area contributed by atoms with Crippen molar-refractivity contribution in [2.45, 2.75) is 25.7 Å². The van der Waals surface area contributed by atoms with Gasteiger partial charge in [-0.3, -0.25) is 14.1 Å². The first kappa shape index (κ1) is 17.5. The van der Waals surface area contributed by atoms with Crippen LogP contribution in [-0.4, -0.2) is 38.2 Å². The fourth-order valence-corrected chi connectivity index (χ4v) is 5.21. The molecule has 0 spiro atoms. The highest BCUT2D eigenvalue weighted by molar-refractivity contribution is 7.71. The number of hydrogen-bond donors (Lipinski definition) is 0. The Hall–Kier alpha value is -2.55. The quantitative estimate of drug-likeness (QED) is 0.381. The molecular weight excluding hydrogens is 392 g/mol. The zero-order valence-corrected chi connectivity index (χ0v) is 16.9. The summed E-state index contributed by atoms with van der Waals surface area (Å²) in [5, 5.41) is 4.72. The molecule has 28 heavy (non-hydrogen) atoms. The van der Waals surface area contributed by atoms with Gasteiger partial charge in [0.25, 0.3) is 0 Å². The number of hydrogen-bond acceptors (Lipinski definition) is 6. The van der Waals surface area contributed by atoms with E-state index in [9.17, 15) is 4.79 Å². The molecule has 1 aliphatic rings. The van der Waals surface area contributed by atoms with E-state index in [2.05, 4.69) is 29.2 Å². The molecule has 6 nitrogen and oxygen atoms in total. The topological polar surface area (TPSA) is 51.8 Å². The number of methoxy groups -OCH3 is 1. The Balaban J connectivity index is 1.54. The Labute approximate surface area is 170 Å². The number of para-hydroxylation sites is 1. The summed E-state index contributed by atoms with van der Waals surface area (Å²) in [5.74, 6) is -0.229. The normalized spacial score (nSPS) is 17.1. The molecule has 5 rings (SSSR count). The number of aromatic nitrogens is 3. The second-order valence-corrected chi connectivity index (χ2v) is 8.24. The largest absolute Gasteiger partial charge is 0.468 e. The van der Waals surface area contributed by atoms with Gasteiger partial charge in [-0.1, -0.05) is 47.7 Å². The van der Waals surface area contributed by atoms with E-state index in [-0.39, 0.29) is 12.0 Å². The molecule has 2 aromatic carbocycles. The maximum absolute atomic E-state index is 12.4. The first-order valence-electron chi connectivity index (χ1n) is 9.01. The van der Waals surface area contributed by atoms with Gasteiger partial charge in [0, 0.05) is 6.54 Å². The lowest BCUT2D eigenvalue weighted by atomic mass is 9.94. The van der Waals surface area contributed by atoms with Crippen LogP contribution in [0.2, 0.25) is 0 Å². The zero-order valence-electron chi connectivity index (χ0n) is 15.2. The number of benzene rings is 2. The van der Waals surface area contributed by atoms with Crippen LogP contribution in [0.5, 0.6) is 0 Å². The van der Waals surface area contributed by atoms with Crippen LogP contribution in [-0.2, 0) is 29.2 Å². The fraction of sp³-hybridized carbons (Fsp3) is 0.250. The summed E-state index contributed by atoms with van der Waals surface area (Å²) in [6.07, 6.45) is 0.626. The van der Waals surface area contributed by atoms with E-state index in [1.165, 1.54) is 18.2 Å². The molecule has 0 aliphatic carbocycles.